The lowest BCUT2D eigenvalue weighted by atomic mass is 9.96. The Kier molecular flexibility index (Phi) is 4.31. The summed E-state index contributed by atoms with van der Waals surface area (Å²) in [5.41, 5.74) is 5.69. The highest BCUT2D eigenvalue weighted by molar-refractivity contribution is 5.64. The minimum atomic E-state index is -0.867. The zero-order valence-corrected chi connectivity index (χ0v) is 9.46. The van der Waals surface area contributed by atoms with Gasteiger partial charge in [-0.3, -0.25) is 0 Å². The maximum absolute atomic E-state index is 10.7. The molecule has 0 unspecified atom stereocenters. The highest BCUT2D eigenvalue weighted by Crippen LogP contribution is 2.24. The van der Waals surface area contributed by atoms with Crippen LogP contribution >= 0.6 is 0 Å². The number of carbonyl (C=O) groups excluding carboxylic acids is 1. The molecule has 0 saturated carbocycles. The van der Waals surface area contributed by atoms with Crippen molar-refractivity contribution < 1.29 is 14.6 Å². The second-order valence-electron chi connectivity index (χ2n) is 4.00. The molecule has 0 aliphatic rings. The fourth-order valence-electron chi connectivity index (χ4n) is 1.54. The number of aliphatic hydroxyl groups excluding tert-OH is 1. The highest BCUT2D eigenvalue weighted by atomic mass is 16.6. The van der Waals surface area contributed by atoms with Crippen LogP contribution in [0.5, 0.6) is 0 Å². The monoisotopic (exact) mass is 223 g/mol. The molecule has 2 atom stereocenters. The molecule has 0 aliphatic heterocycles. The molecule has 0 aliphatic carbocycles. The largest absolute Gasteiger partial charge is 0.443 e. The summed E-state index contributed by atoms with van der Waals surface area (Å²) < 4.78 is 4.92. The van der Waals surface area contributed by atoms with Gasteiger partial charge in [-0.1, -0.05) is 44.2 Å². The molecule has 1 aromatic rings. The van der Waals surface area contributed by atoms with Crippen molar-refractivity contribution in [3.8, 4) is 0 Å². The zero-order chi connectivity index (χ0) is 12.1. The van der Waals surface area contributed by atoms with Crippen molar-refractivity contribution in [2.45, 2.75) is 26.1 Å². The van der Waals surface area contributed by atoms with Gasteiger partial charge in [0, 0.05) is 0 Å². The van der Waals surface area contributed by atoms with Crippen LogP contribution < -0.4 is 5.73 Å². The van der Waals surface area contributed by atoms with Gasteiger partial charge in [0.1, 0.15) is 12.2 Å². The first-order valence-corrected chi connectivity index (χ1v) is 5.21. The molecular weight excluding hydrogens is 206 g/mol. The van der Waals surface area contributed by atoms with E-state index < -0.39 is 18.3 Å². The number of aliphatic hydroxyl groups is 1. The summed E-state index contributed by atoms with van der Waals surface area (Å²) in [7, 11) is 0. The fourth-order valence-corrected chi connectivity index (χ4v) is 1.54. The van der Waals surface area contributed by atoms with Crippen LogP contribution in [-0.2, 0) is 4.74 Å². The second-order valence-corrected chi connectivity index (χ2v) is 4.00. The van der Waals surface area contributed by atoms with Crippen molar-refractivity contribution in [2.24, 2.45) is 11.7 Å². The number of hydrogen-bond acceptors (Lipinski definition) is 3. The summed E-state index contributed by atoms with van der Waals surface area (Å²) in [6, 6.07) is 9.06. The van der Waals surface area contributed by atoms with Gasteiger partial charge in [0.2, 0.25) is 0 Å². The van der Waals surface area contributed by atoms with E-state index in [1.165, 1.54) is 0 Å². The van der Waals surface area contributed by atoms with E-state index in [4.69, 9.17) is 10.5 Å². The van der Waals surface area contributed by atoms with E-state index in [0.717, 1.165) is 0 Å². The van der Waals surface area contributed by atoms with Crippen LogP contribution in [0.15, 0.2) is 30.3 Å². The first-order valence-electron chi connectivity index (χ1n) is 5.21. The number of ether oxygens (including phenoxy) is 1. The van der Waals surface area contributed by atoms with Crippen LogP contribution in [0.1, 0.15) is 25.5 Å². The molecule has 0 aromatic heterocycles. The Balaban J connectivity index is 2.83. The third-order valence-electron chi connectivity index (χ3n) is 2.36. The van der Waals surface area contributed by atoms with Crippen molar-refractivity contribution in [2.75, 3.05) is 0 Å². The van der Waals surface area contributed by atoms with Crippen molar-refractivity contribution in [3.63, 3.8) is 0 Å². The van der Waals surface area contributed by atoms with Gasteiger partial charge in [-0.15, -0.1) is 0 Å². The molecule has 0 fully saturated rings. The molecule has 1 amide bonds. The first-order chi connectivity index (χ1) is 7.52. The Morgan fingerprint density at radius 3 is 2.31 bits per heavy atom. The predicted octanol–water partition coefficient (Wildman–Crippen LogP) is 1.84. The highest BCUT2D eigenvalue weighted by Gasteiger charge is 2.26. The quantitative estimate of drug-likeness (QED) is 0.818. The number of nitrogens with two attached hydrogens (primary N) is 1. The van der Waals surface area contributed by atoms with E-state index >= 15 is 0 Å². The van der Waals surface area contributed by atoms with Crippen molar-refractivity contribution >= 4 is 6.09 Å². The van der Waals surface area contributed by atoms with Crippen LogP contribution in [0.25, 0.3) is 0 Å². The fraction of sp³-hybridized carbons (Fsp3) is 0.417. The maximum atomic E-state index is 10.7. The van der Waals surface area contributed by atoms with E-state index in [-0.39, 0.29) is 5.92 Å². The third-order valence-corrected chi connectivity index (χ3v) is 2.36. The summed E-state index contributed by atoms with van der Waals surface area (Å²) >= 11 is 0. The van der Waals surface area contributed by atoms with Crippen LogP contribution in [-0.4, -0.2) is 17.3 Å². The van der Waals surface area contributed by atoms with E-state index in [0.29, 0.717) is 5.56 Å². The van der Waals surface area contributed by atoms with Crippen molar-refractivity contribution in [1.29, 1.82) is 0 Å². The number of amides is 1. The molecule has 16 heavy (non-hydrogen) atoms. The molecule has 3 N–H and O–H groups in total. The van der Waals surface area contributed by atoms with Gasteiger partial charge in [-0.05, 0) is 11.5 Å². The van der Waals surface area contributed by atoms with Gasteiger partial charge < -0.3 is 15.6 Å². The Morgan fingerprint density at radius 1 is 1.31 bits per heavy atom. The molecule has 0 spiro atoms. The van der Waals surface area contributed by atoms with Gasteiger partial charge in [0.25, 0.3) is 0 Å². The van der Waals surface area contributed by atoms with Gasteiger partial charge >= 0.3 is 6.09 Å². The number of hydrogen-bond donors (Lipinski definition) is 2. The molecule has 0 radical (unpaired) electrons. The number of rotatable bonds is 4. The van der Waals surface area contributed by atoms with Gasteiger partial charge in [-0.25, -0.2) is 4.79 Å². The summed E-state index contributed by atoms with van der Waals surface area (Å²) in [5, 5.41) is 10.1. The van der Waals surface area contributed by atoms with Crippen molar-refractivity contribution in [3.05, 3.63) is 35.9 Å². The van der Waals surface area contributed by atoms with Crippen LogP contribution in [0, 0.1) is 5.92 Å². The number of primary amides is 1. The van der Waals surface area contributed by atoms with E-state index in [1.807, 2.05) is 32.0 Å². The Hall–Kier alpha value is -1.55. The Labute approximate surface area is 95.0 Å². The molecule has 88 valence electrons. The summed E-state index contributed by atoms with van der Waals surface area (Å²) in [6.45, 7) is 3.72. The summed E-state index contributed by atoms with van der Waals surface area (Å²) in [5.74, 6) is -0.0114. The molecule has 4 nitrogen and oxygen atoms in total. The Morgan fingerprint density at radius 2 is 1.88 bits per heavy atom. The lowest BCUT2D eigenvalue weighted by Crippen LogP contribution is -2.32. The van der Waals surface area contributed by atoms with Crippen LogP contribution in [0.4, 0.5) is 4.79 Å². The van der Waals surface area contributed by atoms with Crippen LogP contribution in [0.2, 0.25) is 0 Å². The van der Waals surface area contributed by atoms with E-state index in [1.54, 1.807) is 12.1 Å². The second kappa shape index (κ2) is 5.51. The molecule has 0 bridgehead atoms. The van der Waals surface area contributed by atoms with Gasteiger partial charge in [0.05, 0.1) is 0 Å². The minimum Gasteiger partial charge on any atom is -0.443 e. The third kappa shape index (κ3) is 3.24. The molecule has 0 heterocycles. The van der Waals surface area contributed by atoms with E-state index in [9.17, 15) is 9.90 Å². The normalized spacial score (nSPS) is 14.5. The molecule has 1 aromatic carbocycles. The first kappa shape index (κ1) is 12.5. The smallest absolute Gasteiger partial charge is 0.404 e. The standard InChI is InChI=1S/C12H17NO3/c1-8(2)11(16-12(13)15)10(14)9-6-4-3-5-7-9/h3-8,10-11,14H,1-2H3,(H2,13,15)/t10-,11+/m1/s1. The average molecular weight is 223 g/mol. The summed E-state index contributed by atoms with van der Waals surface area (Å²) in [6.07, 6.45) is -2.35. The lowest BCUT2D eigenvalue weighted by molar-refractivity contribution is -0.0196. The number of benzene rings is 1. The van der Waals surface area contributed by atoms with Gasteiger partial charge in [0.15, 0.2) is 0 Å². The maximum Gasteiger partial charge on any atom is 0.404 e. The van der Waals surface area contributed by atoms with Crippen molar-refractivity contribution in [1.82, 2.24) is 0 Å². The molecular formula is C12H17NO3. The zero-order valence-electron chi connectivity index (χ0n) is 9.46. The SMILES string of the molecule is CC(C)[C@H](OC(N)=O)[C@H](O)c1ccccc1. The summed E-state index contributed by atoms with van der Waals surface area (Å²) in [4.78, 5) is 10.7. The molecule has 1 rings (SSSR count). The molecule has 4 heteroatoms. The minimum absolute atomic E-state index is 0.0114. The molecule has 0 saturated heterocycles. The Bertz CT molecular complexity index is 337. The average Bonchev–Trinajstić information content (AvgIpc) is 2.25. The van der Waals surface area contributed by atoms with E-state index in [2.05, 4.69) is 0 Å². The number of carbonyl (C=O) groups is 1. The topological polar surface area (TPSA) is 72.5 Å². The lowest BCUT2D eigenvalue weighted by Gasteiger charge is -2.25. The predicted molar refractivity (Wildman–Crippen MR) is 60.7 cm³/mol. The van der Waals surface area contributed by atoms with Gasteiger partial charge in [-0.2, -0.15) is 0 Å². The van der Waals surface area contributed by atoms with Crippen LogP contribution in [0.3, 0.4) is 0 Å².